The van der Waals surface area contributed by atoms with Crippen molar-refractivity contribution in [1.82, 2.24) is 10.6 Å². The lowest BCUT2D eigenvalue weighted by Gasteiger charge is -2.14. The topological polar surface area (TPSA) is 84.0 Å². The molecule has 0 fully saturated rings. The number of nitrogens with one attached hydrogen (secondary N) is 3. The number of anilines is 1. The molecule has 0 bridgehead atoms. The molecule has 0 atom stereocenters. The molecule has 0 saturated carbocycles. The number of aliphatic imine (C=N–C) groups is 1. The summed E-state index contributed by atoms with van der Waals surface area (Å²) < 4.78 is 34.2. The number of nitrogens with zero attached hydrogens (tertiary/aromatic N) is 1. The average molecular weight is 406 g/mol. The molecule has 0 unspecified atom stereocenters. The third-order valence-electron chi connectivity index (χ3n) is 3.78. The number of para-hydroxylation sites is 1. The van der Waals surface area contributed by atoms with Gasteiger partial charge in [-0.15, -0.1) is 0 Å². The molecule has 7 nitrogen and oxygen atoms in total. The monoisotopic (exact) mass is 406 g/mol. The first-order valence-electron chi connectivity index (χ1n) is 9.00. The Hall–Kier alpha value is -3.36. The zero-order valence-corrected chi connectivity index (χ0v) is 16.2. The van der Waals surface area contributed by atoms with Gasteiger partial charge in [0.15, 0.2) is 5.96 Å². The predicted octanol–water partition coefficient (Wildman–Crippen LogP) is 3.72. The molecule has 0 spiro atoms. The summed E-state index contributed by atoms with van der Waals surface area (Å²) in [5.74, 6) is 0.663. The Morgan fingerprint density at radius 2 is 1.83 bits per heavy atom. The molecule has 2 aromatic rings. The molecule has 0 aliphatic rings. The predicted molar refractivity (Wildman–Crippen MR) is 107 cm³/mol. The van der Waals surface area contributed by atoms with Gasteiger partial charge < -0.3 is 20.1 Å². The fraction of sp³-hybridized carbons (Fsp3) is 0.300. The second kappa shape index (κ2) is 11.5. The van der Waals surface area contributed by atoms with Gasteiger partial charge in [-0.3, -0.25) is 5.32 Å². The number of guanidine groups is 1. The fourth-order valence-electron chi connectivity index (χ4n) is 2.41. The van der Waals surface area contributed by atoms with Crippen molar-refractivity contribution in [2.45, 2.75) is 26.6 Å². The van der Waals surface area contributed by atoms with Crippen molar-refractivity contribution in [3.63, 3.8) is 0 Å². The molecule has 0 saturated heterocycles. The molecule has 0 radical (unpaired) electrons. The van der Waals surface area contributed by atoms with Crippen molar-refractivity contribution < 1.29 is 23.0 Å². The molecule has 3 N–H and O–H groups in total. The van der Waals surface area contributed by atoms with Crippen LogP contribution in [-0.4, -0.2) is 32.3 Å². The zero-order valence-electron chi connectivity index (χ0n) is 16.2. The normalized spacial score (nSPS) is 11.1. The highest BCUT2D eigenvalue weighted by Crippen LogP contribution is 2.20. The lowest BCUT2D eigenvalue weighted by molar-refractivity contribution is -0.0504. The summed E-state index contributed by atoms with van der Waals surface area (Å²) in [6.07, 6.45) is -0.537. The molecule has 9 heteroatoms. The number of hydrogen-bond donors (Lipinski definition) is 3. The number of ether oxygens (including phenoxy) is 2. The van der Waals surface area contributed by atoms with Crippen LogP contribution in [0.5, 0.6) is 5.75 Å². The molecule has 1 amide bonds. The number of methoxy groups -OCH3 is 1. The van der Waals surface area contributed by atoms with E-state index in [1.54, 1.807) is 30.3 Å². The number of halogens is 2. The molecule has 156 valence electrons. The standard InChI is InChI=1S/C20H24F2N4O3/c1-3-23-19(25-13-15-6-4-5-7-17(15)29-18(21)22)24-12-14-8-10-16(11-9-14)26-20(27)28-2/h4-11,18H,3,12-13H2,1-2H3,(H,26,27)(H2,23,24,25). The largest absolute Gasteiger partial charge is 0.453 e. The number of alkyl halides is 2. The van der Waals surface area contributed by atoms with E-state index < -0.39 is 12.7 Å². The van der Waals surface area contributed by atoms with Crippen LogP contribution >= 0.6 is 0 Å². The summed E-state index contributed by atoms with van der Waals surface area (Å²) >= 11 is 0. The van der Waals surface area contributed by atoms with E-state index in [-0.39, 0.29) is 12.3 Å². The Bertz CT molecular complexity index is 814. The van der Waals surface area contributed by atoms with E-state index in [9.17, 15) is 13.6 Å². The fourth-order valence-corrected chi connectivity index (χ4v) is 2.41. The Labute approximate surface area is 168 Å². The molecular formula is C20H24F2N4O3. The lowest BCUT2D eigenvalue weighted by atomic mass is 10.2. The smallest absolute Gasteiger partial charge is 0.411 e. The number of rotatable bonds is 8. The maximum Gasteiger partial charge on any atom is 0.411 e. The van der Waals surface area contributed by atoms with Crippen LogP contribution in [0.3, 0.4) is 0 Å². The molecule has 0 aromatic heterocycles. The number of benzene rings is 2. The van der Waals surface area contributed by atoms with Gasteiger partial charge in [-0.05, 0) is 30.7 Å². The Morgan fingerprint density at radius 1 is 1.10 bits per heavy atom. The lowest BCUT2D eigenvalue weighted by Crippen LogP contribution is -2.36. The average Bonchev–Trinajstić information content (AvgIpc) is 2.71. The number of amides is 1. The van der Waals surface area contributed by atoms with Gasteiger partial charge in [0.2, 0.25) is 0 Å². The van der Waals surface area contributed by atoms with Gasteiger partial charge in [0.1, 0.15) is 5.75 Å². The van der Waals surface area contributed by atoms with Gasteiger partial charge in [0.05, 0.1) is 13.7 Å². The van der Waals surface area contributed by atoms with Crippen molar-refractivity contribution in [3.8, 4) is 5.75 Å². The highest BCUT2D eigenvalue weighted by atomic mass is 19.3. The highest BCUT2D eigenvalue weighted by molar-refractivity contribution is 5.84. The van der Waals surface area contributed by atoms with E-state index in [1.165, 1.54) is 13.2 Å². The van der Waals surface area contributed by atoms with Gasteiger partial charge in [0.25, 0.3) is 0 Å². The van der Waals surface area contributed by atoms with E-state index in [0.717, 1.165) is 5.56 Å². The third-order valence-corrected chi connectivity index (χ3v) is 3.78. The van der Waals surface area contributed by atoms with Crippen molar-refractivity contribution in [2.75, 3.05) is 19.0 Å². The van der Waals surface area contributed by atoms with Crippen molar-refractivity contribution in [3.05, 3.63) is 59.7 Å². The molecule has 2 rings (SSSR count). The van der Waals surface area contributed by atoms with E-state index in [0.29, 0.717) is 30.3 Å². The minimum Gasteiger partial charge on any atom is -0.453 e. The maximum absolute atomic E-state index is 12.5. The summed E-state index contributed by atoms with van der Waals surface area (Å²) in [5, 5.41) is 8.79. The van der Waals surface area contributed by atoms with Crippen molar-refractivity contribution in [2.24, 2.45) is 4.99 Å². The molecule has 0 heterocycles. The minimum absolute atomic E-state index is 0.125. The van der Waals surface area contributed by atoms with Crippen LogP contribution in [0.25, 0.3) is 0 Å². The molecule has 0 aliphatic heterocycles. The summed E-state index contributed by atoms with van der Waals surface area (Å²) in [5.41, 5.74) is 2.14. The van der Waals surface area contributed by atoms with Crippen LogP contribution in [0.4, 0.5) is 19.3 Å². The van der Waals surface area contributed by atoms with Gasteiger partial charge in [-0.25, -0.2) is 9.79 Å². The number of hydrogen-bond acceptors (Lipinski definition) is 4. The van der Waals surface area contributed by atoms with Gasteiger partial charge in [0, 0.05) is 24.3 Å². The van der Waals surface area contributed by atoms with Gasteiger partial charge in [-0.1, -0.05) is 30.3 Å². The Balaban J connectivity index is 1.99. The Morgan fingerprint density at radius 3 is 2.48 bits per heavy atom. The van der Waals surface area contributed by atoms with Crippen LogP contribution in [0.15, 0.2) is 53.5 Å². The van der Waals surface area contributed by atoms with E-state index >= 15 is 0 Å². The first-order chi connectivity index (χ1) is 14.0. The second-order valence-electron chi connectivity index (χ2n) is 5.85. The SMILES string of the molecule is CCNC(=NCc1ccc(NC(=O)OC)cc1)NCc1ccccc1OC(F)F. The van der Waals surface area contributed by atoms with Crippen LogP contribution < -0.4 is 20.7 Å². The van der Waals surface area contributed by atoms with E-state index in [1.807, 2.05) is 19.1 Å². The zero-order chi connectivity index (χ0) is 21.1. The summed E-state index contributed by atoms with van der Waals surface area (Å²) in [7, 11) is 1.30. The first-order valence-corrected chi connectivity index (χ1v) is 9.00. The van der Waals surface area contributed by atoms with Crippen molar-refractivity contribution >= 4 is 17.7 Å². The highest BCUT2D eigenvalue weighted by Gasteiger charge is 2.09. The summed E-state index contributed by atoms with van der Waals surface area (Å²) in [6.45, 7) is 0.357. The van der Waals surface area contributed by atoms with Crippen LogP contribution in [0, 0.1) is 0 Å². The minimum atomic E-state index is -2.88. The molecule has 0 aliphatic carbocycles. The number of carbonyl (C=O) groups is 1. The summed E-state index contributed by atoms with van der Waals surface area (Å²) in [4.78, 5) is 15.7. The third kappa shape index (κ3) is 7.65. The first kappa shape index (κ1) is 21.9. The van der Waals surface area contributed by atoms with Gasteiger partial charge in [-0.2, -0.15) is 8.78 Å². The molecular weight excluding hydrogens is 382 g/mol. The quantitative estimate of drug-likeness (QED) is 0.460. The van der Waals surface area contributed by atoms with E-state index in [4.69, 9.17) is 0 Å². The molecule has 2 aromatic carbocycles. The molecule has 29 heavy (non-hydrogen) atoms. The number of carbonyl (C=O) groups excluding carboxylic acids is 1. The maximum atomic E-state index is 12.5. The van der Waals surface area contributed by atoms with Crippen LogP contribution in [-0.2, 0) is 17.8 Å². The van der Waals surface area contributed by atoms with Gasteiger partial charge >= 0.3 is 12.7 Å². The van der Waals surface area contributed by atoms with E-state index in [2.05, 4.69) is 30.4 Å². The second-order valence-corrected chi connectivity index (χ2v) is 5.85. The van der Waals surface area contributed by atoms with Crippen LogP contribution in [0.2, 0.25) is 0 Å². The summed E-state index contributed by atoms with van der Waals surface area (Å²) in [6, 6.07) is 13.8. The van der Waals surface area contributed by atoms with Crippen LogP contribution in [0.1, 0.15) is 18.1 Å². The van der Waals surface area contributed by atoms with Crippen molar-refractivity contribution in [1.29, 1.82) is 0 Å². The Kier molecular flexibility index (Phi) is 8.68.